The molecule has 1 unspecified atom stereocenters. The fourth-order valence-corrected chi connectivity index (χ4v) is 3.69. The first kappa shape index (κ1) is 13.4. The summed E-state index contributed by atoms with van der Waals surface area (Å²) in [4.78, 5) is 14.9. The molecule has 1 aromatic carbocycles. The summed E-state index contributed by atoms with van der Waals surface area (Å²) in [7, 11) is 0. The summed E-state index contributed by atoms with van der Waals surface area (Å²) in [5, 5.41) is 12.9. The molecule has 1 N–H and O–H groups in total. The Kier molecular flexibility index (Phi) is 3.12. The number of benzene rings is 1. The largest absolute Gasteiger partial charge is 0.463 e. The molecule has 2 bridgehead atoms. The van der Waals surface area contributed by atoms with Gasteiger partial charge in [-0.1, -0.05) is 0 Å². The van der Waals surface area contributed by atoms with Crippen molar-refractivity contribution in [3.05, 3.63) is 35.6 Å². The van der Waals surface area contributed by atoms with E-state index in [1.165, 1.54) is 19.2 Å². The maximum absolute atomic E-state index is 12.5. The molecule has 5 nitrogen and oxygen atoms in total. The number of carbonyl (C=O) groups excluding carboxylic acids is 1. The zero-order valence-electron chi connectivity index (χ0n) is 12.2. The lowest BCUT2D eigenvalue weighted by molar-refractivity contribution is 0.0909. The highest BCUT2D eigenvalue weighted by Gasteiger charge is 2.33. The second kappa shape index (κ2) is 5.15. The van der Waals surface area contributed by atoms with E-state index in [9.17, 15) is 4.79 Å². The van der Waals surface area contributed by atoms with Crippen LogP contribution in [0.4, 0.5) is 0 Å². The highest BCUT2D eigenvalue weighted by Crippen LogP contribution is 2.27. The normalized spacial score (nSPS) is 26.8. The van der Waals surface area contributed by atoms with Gasteiger partial charge in [0.1, 0.15) is 17.9 Å². The number of furan rings is 1. The van der Waals surface area contributed by atoms with E-state index < -0.39 is 0 Å². The van der Waals surface area contributed by atoms with Gasteiger partial charge < -0.3 is 14.6 Å². The van der Waals surface area contributed by atoms with Crippen molar-refractivity contribution in [2.45, 2.75) is 18.9 Å². The summed E-state index contributed by atoms with van der Waals surface area (Å²) in [5.41, 5.74) is 1.68. The van der Waals surface area contributed by atoms with Crippen molar-refractivity contribution in [2.24, 2.45) is 5.92 Å². The van der Waals surface area contributed by atoms with E-state index in [0.717, 1.165) is 25.4 Å². The molecule has 1 amide bonds. The Morgan fingerprint density at radius 2 is 2.32 bits per heavy atom. The Balaban J connectivity index is 1.54. The van der Waals surface area contributed by atoms with E-state index >= 15 is 0 Å². The minimum absolute atomic E-state index is 0.0699. The minimum atomic E-state index is -0.0699. The Labute approximate surface area is 128 Å². The predicted octanol–water partition coefficient (Wildman–Crippen LogP) is 2.13. The Hall–Kier alpha value is -2.32. The van der Waals surface area contributed by atoms with Crippen LogP contribution in [0.25, 0.3) is 11.0 Å². The highest BCUT2D eigenvalue weighted by molar-refractivity contribution is 5.99. The Bertz CT molecular complexity index is 762. The Morgan fingerprint density at radius 3 is 3.14 bits per heavy atom. The molecule has 3 heterocycles. The molecule has 2 aromatic rings. The monoisotopic (exact) mass is 295 g/mol. The van der Waals surface area contributed by atoms with Gasteiger partial charge in [0.2, 0.25) is 0 Å². The van der Waals surface area contributed by atoms with E-state index in [0.29, 0.717) is 22.1 Å². The zero-order chi connectivity index (χ0) is 15.1. The lowest BCUT2D eigenvalue weighted by Crippen LogP contribution is -2.47. The molecular formula is C17H17N3O2. The molecule has 1 aromatic heterocycles. The van der Waals surface area contributed by atoms with Gasteiger partial charge in [-0.15, -0.1) is 0 Å². The van der Waals surface area contributed by atoms with Gasteiger partial charge in [0, 0.05) is 30.1 Å². The first-order valence-corrected chi connectivity index (χ1v) is 7.67. The van der Waals surface area contributed by atoms with Gasteiger partial charge >= 0.3 is 0 Å². The van der Waals surface area contributed by atoms with E-state index in [2.05, 4.69) is 16.3 Å². The van der Waals surface area contributed by atoms with Crippen LogP contribution in [-0.4, -0.2) is 36.5 Å². The number of piperidine rings is 1. The summed E-state index contributed by atoms with van der Waals surface area (Å²) in [6, 6.07) is 7.55. The van der Waals surface area contributed by atoms with Crippen LogP contribution in [0.3, 0.4) is 0 Å². The average Bonchev–Trinajstić information content (AvgIpc) is 3.09. The lowest BCUT2D eigenvalue weighted by Gasteiger charge is -2.30. The number of amides is 1. The van der Waals surface area contributed by atoms with Gasteiger partial charge in [-0.2, -0.15) is 5.26 Å². The molecule has 3 atom stereocenters. The minimum Gasteiger partial charge on any atom is -0.463 e. The van der Waals surface area contributed by atoms with E-state index in [1.54, 1.807) is 18.2 Å². The summed E-state index contributed by atoms with van der Waals surface area (Å²) >= 11 is 0. The molecule has 2 fully saturated rings. The molecule has 2 aliphatic heterocycles. The number of fused-ring (bicyclic) bond motifs is 3. The van der Waals surface area contributed by atoms with Crippen molar-refractivity contribution in [3.63, 3.8) is 0 Å². The fraction of sp³-hybridized carbons (Fsp3) is 0.412. The van der Waals surface area contributed by atoms with Crippen LogP contribution in [0.5, 0.6) is 0 Å². The van der Waals surface area contributed by atoms with Crippen molar-refractivity contribution in [2.75, 3.05) is 19.6 Å². The Morgan fingerprint density at radius 1 is 1.41 bits per heavy atom. The van der Waals surface area contributed by atoms with Gasteiger partial charge in [-0.25, -0.2) is 0 Å². The standard InChI is InChI=1S/C17H17N3O2/c18-7-13-10-22-16-2-1-12(6-15(13)16)17(21)19-14-5-11-3-4-20(8-11)9-14/h1-2,6,10-11,14H,3-5,8-9H2,(H,19,21)/t11-,14+/m0/s1. The molecule has 0 radical (unpaired) electrons. The van der Waals surface area contributed by atoms with Crippen LogP contribution >= 0.6 is 0 Å². The van der Waals surface area contributed by atoms with Gasteiger partial charge in [-0.3, -0.25) is 4.79 Å². The molecule has 0 spiro atoms. The number of hydrogen-bond donors (Lipinski definition) is 1. The van der Waals surface area contributed by atoms with Gasteiger partial charge in [0.25, 0.3) is 5.91 Å². The number of hydrogen-bond acceptors (Lipinski definition) is 4. The predicted molar refractivity (Wildman–Crippen MR) is 81.3 cm³/mol. The second-order valence-corrected chi connectivity index (χ2v) is 6.29. The third-order valence-corrected chi connectivity index (χ3v) is 4.76. The molecule has 112 valence electrons. The number of nitrogens with one attached hydrogen (secondary N) is 1. The van der Waals surface area contributed by atoms with Crippen LogP contribution in [-0.2, 0) is 0 Å². The van der Waals surface area contributed by atoms with Crippen molar-refractivity contribution in [3.8, 4) is 6.07 Å². The third kappa shape index (κ3) is 2.26. The lowest BCUT2D eigenvalue weighted by atomic mass is 9.96. The van der Waals surface area contributed by atoms with E-state index in [1.807, 2.05) is 0 Å². The SMILES string of the molecule is N#Cc1coc2ccc(C(=O)N[C@@H]3C[C@@H]4CCN(C4)C3)cc12. The molecular weight excluding hydrogens is 278 g/mol. The maximum Gasteiger partial charge on any atom is 0.251 e. The zero-order valence-corrected chi connectivity index (χ0v) is 12.2. The van der Waals surface area contributed by atoms with Crippen LogP contribution in [0.1, 0.15) is 28.8 Å². The molecule has 2 aliphatic rings. The van der Waals surface area contributed by atoms with Crippen molar-refractivity contribution in [1.82, 2.24) is 10.2 Å². The van der Waals surface area contributed by atoms with Gasteiger partial charge in [0.05, 0.1) is 5.56 Å². The number of nitriles is 1. The molecule has 0 aliphatic carbocycles. The smallest absolute Gasteiger partial charge is 0.251 e. The quantitative estimate of drug-likeness (QED) is 0.921. The topological polar surface area (TPSA) is 69.3 Å². The third-order valence-electron chi connectivity index (χ3n) is 4.76. The number of nitrogens with zero attached hydrogens (tertiary/aromatic N) is 2. The molecule has 2 saturated heterocycles. The van der Waals surface area contributed by atoms with Crippen LogP contribution in [0, 0.1) is 17.2 Å². The first-order chi connectivity index (χ1) is 10.7. The van der Waals surface area contributed by atoms with Crippen molar-refractivity contribution in [1.29, 1.82) is 5.26 Å². The maximum atomic E-state index is 12.5. The van der Waals surface area contributed by atoms with Crippen LogP contribution in [0.2, 0.25) is 0 Å². The van der Waals surface area contributed by atoms with Gasteiger partial charge in [0.15, 0.2) is 0 Å². The average molecular weight is 295 g/mol. The van der Waals surface area contributed by atoms with Crippen molar-refractivity contribution < 1.29 is 9.21 Å². The van der Waals surface area contributed by atoms with Crippen LogP contribution in [0.15, 0.2) is 28.9 Å². The summed E-state index contributed by atoms with van der Waals surface area (Å²) in [5.74, 6) is 0.653. The molecule has 22 heavy (non-hydrogen) atoms. The number of rotatable bonds is 2. The highest BCUT2D eigenvalue weighted by atomic mass is 16.3. The molecule has 4 rings (SSSR count). The molecule has 5 heteroatoms. The summed E-state index contributed by atoms with van der Waals surface area (Å²) in [6.45, 7) is 3.28. The summed E-state index contributed by atoms with van der Waals surface area (Å²) in [6.07, 6.45) is 3.75. The summed E-state index contributed by atoms with van der Waals surface area (Å²) < 4.78 is 5.30. The first-order valence-electron chi connectivity index (χ1n) is 7.67. The van der Waals surface area contributed by atoms with E-state index in [4.69, 9.17) is 9.68 Å². The molecule has 0 saturated carbocycles. The fourth-order valence-electron chi connectivity index (χ4n) is 3.69. The van der Waals surface area contributed by atoms with Crippen molar-refractivity contribution >= 4 is 16.9 Å². The number of carbonyl (C=O) groups is 1. The van der Waals surface area contributed by atoms with Gasteiger partial charge in [-0.05, 0) is 43.5 Å². The van der Waals surface area contributed by atoms with E-state index in [-0.39, 0.29) is 11.9 Å². The van der Waals surface area contributed by atoms with Crippen LogP contribution < -0.4 is 5.32 Å². The second-order valence-electron chi connectivity index (χ2n) is 6.29.